The summed E-state index contributed by atoms with van der Waals surface area (Å²) in [5, 5.41) is 18.9. The molecule has 0 radical (unpaired) electrons. The predicted molar refractivity (Wildman–Crippen MR) is 51.1 cm³/mol. The van der Waals surface area contributed by atoms with Crippen molar-refractivity contribution in [1.29, 1.82) is 0 Å². The quantitative estimate of drug-likeness (QED) is 0.318. The summed E-state index contributed by atoms with van der Waals surface area (Å²) in [6.07, 6.45) is 5.96. The van der Waals surface area contributed by atoms with Gasteiger partial charge in [-0.15, -0.1) is 0 Å². The van der Waals surface area contributed by atoms with Crippen molar-refractivity contribution in [2.75, 3.05) is 13.2 Å². The third-order valence-electron chi connectivity index (χ3n) is 1.57. The molecule has 0 saturated heterocycles. The Kier molecular flexibility index (Phi) is 4.45. The fraction of sp³-hybridized carbons (Fsp3) is 0.375. The lowest BCUT2D eigenvalue weighted by molar-refractivity contribution is -0.397. The first-order valence-corrected chi connectivity index (χ1v) is 4.25. The summed E-state index contributed by atoms with van der Waals surface area (Å²) in [4.78, 5) is 13.4. The van der Waals surface area contributed by atoms with Crippen LogP contribution in [-0.2, 0) is 11.5 Å². The van der Waals surface area contributed by atoms with Crippen molar-refractivity contribution in [3.8, 4) is 0 Å². The summed E-state index contributed by atoms with van der Waals surface area (Å²) in [7, 11) is 0. The Morgan fingerprint density at radius 2 is 2.47 bits per heavy atom. The zero-order valence-corrected chi connectivity index (χ0v) is 7.94. The summed E-state index contributed by atoms with van der Waals surface area (Å²) in [6, 6.07) is 0. The smallest absolute Gasteiger partial charge is 0.392 e. The predicted octanol–water partition coefficient (Wildman–Crippen LogP) is 0.314. The third-order valence-corrected chi connectivity index (χ3v) is 1.57. The van der Waals surface area contributed by atoms with Crippen molar-refractivity contribution >= 4 is 5.95 Å². The van der Waals surface area contributed by atoms with Gasteiger partial charge in [-0.3, -0.25) is 0 Å². The Morgan fingerprint density at radius 3 is 3.13 bits per heavy atom. The normalized spacial score (nSPS) is 11.0. The van der Waals surface area contributed by atoms with Crippen molar-refractivity contribution in [3.05, 3.63) is 34.7 Å². The summed E-state index contributed by atoms with van der Waals surface area (Å²) < 4.78 is 6.38. The maximum atomic E-state index is 10.4. The van der Waals surface area contributed by atoms with Gasteiger partial charge < -0.3 is 20.0 Å². The number of nitrogens with zero attached hydrogens (tertiary/aromatic N) is 3. The molecule has 1 heterocycles. The summed E-state index contributed by atoms with van der Waals surface area (Å²) in [6.45, 7) is 0.302. The van der Waals surface area contributed by atoms with Crippen LogP contribution in [0.15, 0.2) is 24.5 Å². The van der Waals surface area contributed by atoms with E-state index in [1.165, 1.54) is 23.0 Å². The van der Waals surface area contributed by atoms with Crippen molar-refractivity contribution in [1.82, 2.24) is 9.55 Å². The van der Waals surface area contributed by atoms with Crippen LogP contribution < -0.4 is 0 Å². The van der Waals surface area contributed by atoms with Gasteiger partial charge in [-0.05, 0) is 4.92 Å². The van der Waals surface area contributed by atoms with Crippen LogP contribution in [0.2, 0.25) is 0 Å². The van der Waals surface area contributed by atoms with Crippen LogP contribution in [0.1, 0.15) is 0 Å². The van der Waals surface area contributed by atoms with E-state index in [9.17, 15) is 10.1 Å². The molecule has 7 heteroatoms. The number of nitro groups is 1. The van der Waals surface area contributed by atoms with Crippen LogP contribution in [0.3, 0.4) is 0 Å². The van der Waals surface area contributed by atoms with Gasteiger partial charge in [0, 0.05) is 0 Å². The van der Waals surface area contributed by atoms with Crippen molar-refractivity contribution in [3.63, 3.8) is 0 Å². The van der Waals surface area contributed by atoms with E-state index in [0.29, 0.717) is 0 Å². The minimum atomic E-state index is -0.576. The fourth-order valence-corrected chi connectivity index (χ4v) is 0.936. The number of aliphatic hydroxyl groups excluding tert-OH is 1. The second-order valence-electron chi connectivity index (χ2n) is 2.61. The molecule has 0 aliphatic carbocycles. The van der Waals surface area contributed by atoms with Crippen molar-refractivity contribution in [2.45, 2.75) is 6.73 Å². The molecular weight excluding hydrogens is 202 g/mol. The lowest BCUT2D eigenvalue weighted by atomic mass is 10.5. The molecule has 0 saturated carbocycles. The number of aromatic nitrogens is 2. The van der Waals surface area contributed by atoms with Crippen LogP contribution >= 0.6 is 0 Å². The van der Waals surface area contributed by atoms with Crippen LogP contribution in [0.25, 0.3) is 0 Å². The molecule has 0 bridgehead atoms. The molecule has 0 aromatic carbocycles. The molecule has 0 fully saturated rings. The van der Waals surface area contributed by atoms with Crippen molar-refractivity contribution in [2.24, 2.45) is 0 Å². The Morgan fingerprint density at radius 1 is 1.67 bits per heavy atom. The fourth-order valence-electron chi connectivity index (χ4n) is 0.936. The van der Waals surface area contributed by atoms with Gasteiger partial charge in [-0.1, -0.05) is 17.1 Å². The molecule has 15 heavy (non-hydrogen) atoms. The molecule has 1 rings (SSSR count). The standard InChI is InChI=1S/C8H11N3O4/c12-5-1-2-6-15-7-10-4-3-9-8(10)11(13)14/h1-4,12H,5-7H2. The highest BCUT2D eigenvalue weighted by molar-refractivity contribution is 5.05. The number of hydrogen-bond acceptors (Lipinski definition) is 5. The molecule has 1 aromatic rings. The van der Waals surface area contributed by atoms with Crippen LogP contribution in [-0.4, -0.2) is 32.8 Å². The lowest BCUT2D eigenvalue weighted by Gasteiger charge is -2.00. The Hall–Kier alpha value is -1.73. The molecule has 1 N–H and O–H groups in total. The Balaban J connectivity index is 2.40. The topological polar surface area (TPSA) is 90.4 Å². The number of hydrogen-bond donors (Lipinski definition) is 1. The van der Waals surface area contributed by atoms with E-state index in [4.69, 9.17) is 9.84 Å². The van der Waals surface area contributed by atoms with E-state index in [0.717, 1.165) is 0 Å². The van der Waals surface area contributed by atoms with E-state index in [2.05, 4.69) is 4.98 Å². The van der Waals surface area contributed by atoms with E-state index < -0.39 is 4.92 Å². The lowest BCUT2D eigenvalue weighted by Crippen LogP contribution is -2.05. The van der Waals surface area contributed by atoms with Gasteiger partial charge in [0.2, 0.25) is 0 Å². The Labute approximate surface area is 85.8 Å². The molecule has 0 aliphatic rings. The van der Waals surface area contributed by atoms with Gasteiger partial charge in [0.1, 0.15) is 12.4 Å². The van der Waals surface area contributed by atoms with E-state index in [1.807, 2.05) is 0 Å². The highest BCUT2D eigenvalue weighted by Gasteiger charge is 2.12. The van der Waals surface area contributed by atoms with Crippen LogP contribution in [0.4, 0.5) is 5.95 Å². The number of rotatable bonds is 6. The molecular formula is C8H11N3O4. The van der Waals surface area contributed by atoms with E-state index in [-0.39, 0.29) is 25.9 Å². The number of ether oxygens (including phenoxy) is 1. The van der Waals surface area contributed by atoms with Gasteiger partial charge in [0.15, 0.2) is 6.73 Å². The van der Waals surface area contributed by atoms with Gasteiger partial charge in [0.25, 0.3) is 0 Å². The highest BCUT2D eigenvalue weighted by Crippen LogP contribution is 2.06. The van der Waals surface area contributed by atoms with Gasteiger partial charge in [-0.25, -0.2) is 4.57 Å². The average molecular weight is 213 g/mol. The summed E-state index contributed by atoms with van der Waals surface area (Å²) in [5.41, 5.74) is 0. The second-order valence-corrected chi connectivity index (χ2v) is 2.61. The average Bonchev–Trinajstić information content (AvgIpc) is 2.66. The maximum absolute atomic E-state index is 10.4. The minimum Gasteiger partial charge on any atom is -0.392 e. The van der Waals surface area contributed by atoms with Gasteiger partial charge in [-0.2, -0.15) is 0 Å². The summed E-state index contributed by atoms with van der Waals surface area (Å²) in [5.74, 6) is -0.249. The summed E-state index contributed by atoms with van der Waals surface area (Å²) >= 11 is 0. The first kappa shape index (κ1) is 11.3. The van der Waals surface area contributed by atoms with Gasteiger partial charge >= 0.3 is 5.95 Å². The number of aliphatic hydroxyl groups is 1. The van der Waals surface area contributed by atoms with Gasteiger partial charge in [0.05, 0.1) is 13.2 Å². The molecule has 0 unspecified atom stereocenters. The molecule has 0 aliphatic heterocycles. The monoisotopic (exact) mass is 213 g/mol. The molecule has 1 aromatic heterocycles. The van der Waals surface area contributed by atoms with Crippen LogP contribution in [0, 0.1) is 10.1 Å². The molecule has 0 amide bonds. The molecule has 7 nitrogen and oxygen atoms in total. The molecule has 0 atom stereocenters. The largest absolute Gasteiger partial charge is 0.436 e. The zero-order chi connectivity index (χ0) is 11.1. The first-order valence-electron chi connectivity index (χ1n) is 4.25. The minimum absolute atomic E-state index is 0.0470. The molecule has 82 valence electrons. The highest BCUT2D eigenvalue weighted by atomic mass is 16.6. The maximum Gasteiger partial charge on any atom is 0.436 e. The first-order chi connectivity index (χ1) is 7.25. The van der Waals surface area contributed by atoms with Crippen molar-refractivity contribution < 1.29 is 14.8 Å². The van der Waals surface area contributed by atoms with E-state index in [1.54, 1.807) is 6.08 Å². The third kappa shape index (κ3) is 3.49. The second kappa shape index (κ2) is 5.89. The zero-order valence-electron chi connectivity index (χ0n) is 7.94. The number of imidazole rings is 1. The van der Waals surface area contributed by atoms with Crippen LogP contribution in [0.5, 0.6) is 0 Å². The Bertz CT molecular complexity index is 347. The molecule has 0 spiro atoms. The SMILES string of the molecule is O=[N+]([O-])c1nccn1COCC=CCO. The van der Waals surface area contributed by atoms with E-state index >= 15 is 0 Å².